The summed E-state index contributed by atoms with van der Waals surface area (Å²) < 4.78 is 28.0. The highest BCUT2D eigenvalue weighted by molar-refractivity contribution is 5.03. The van der Waals surface area contributed by atoms with Crippen LogP contribution >= 0.6 is 0 Å². The molecule has 3 heteroatoms. The summed E-state index contributed by atoms with van der Waals surface area (Å²) in [6.07, 6.45) is -2.13. The van der Waals surface area contributed by atoms with E-state index in [4.69, 9.17) is 0 Å². The highest BCUT2D eigenvalue weighted by atomic mass is 19.3. The Hall–Kier alpha value is -0.440. The second kappa shape index (κ2) is 3.56. The molecule has 0 amide bonds. The molecule has 0 spiro atoms. The first-order valence-electron chi connectivity index (χ1n) is 2.64. The fourth-order valence-electron chi connectivity index (χ4n) is 0.330. The van der Waals surface area contributed by atoms with Crippen molar-refractivity contribution in [2.24, 2.45) is 0 Å². The van der Waals surface area contributed by atoms with Crippen LogP contribution in [0, 0.1) is 0 Å². The van der Waals surface area contributed by atoms with E-state index in [-0.39, 0.29) is 5.57 Å². The van der Waals surface area contributed by atoms with Crippen LogP contribution < -0.4 is 0 Å². The zero-order valence-corrected chi connectivity index (χ0v) is 5.74. The van der Waals surface area contributed by atoms with Crippen LogP contribution in [0.5, 0.6) is 0 Å². The summed E-state index contributed by atoms with van der Waals surface area (Å²) >= 11 is 0. The first-order chi connectivity index (χ1) is 4.09. The van der Waals surface area contributed by atoms with Gasteiger partial charge in [-0.3, -0.25) is 0 Å². The van der Waals surface area contributed by atoms with Crippen molar-refractivity contribution in [3.05, 3.63) is 11.7 Å². The zero-order valence-electron chi connectivity index (χ0n) is 5.74. The van der Waals surface area contributed by atoms with Gasteiger partial charge in [0, 0.05) is 12.7 Å². The van der Waals surface area contributed by atoms with Gasteiger partial charge in [-0.15, -0.1) is 0 Å². The topological polar surface area (TPSA) is 9.23 Å². The largest absolute Gasteiger partial charge is 0.377 e. The third-order valence-electron chi connectivity index (χ3n) is 1.26. The lowest BCUT2D eigenvalue weighted by molar-refractivity contribution is 0.141. The molecule has 9 heavy (non-hydrogen) atoms. The van der Waals surface area contributed by atoms with Crippen LogP contribution in [-0.4, -0.2) is 13.2 Å². The molecule has 0 aliphatic rings. The standard InChI is InChI=1S/C6H10F2O/c1-4(6(7)8)5(2)9-3/h5H,1-3H3. The number of rotatable bonds is 2. The van der Waals surface area contributed by atoms with Crippen molar-refractivity contribution >= 4 is 0 Å². The van der Waals surface area contributed by atoms with Crippen molar-refractivity contribution in [2.45, 2.75) is 20.0 Å². The molecule has 0 fully saturated rings. The van der Waals surface area contributed by atoms with E-state index >= 15 is 0 Å². The molecule has 1 nitrogen and oxygen atoms in total. The Morgan fingerprint density at radius 3 is 2.00 bits per heavy atom. The summed E-state index contributed by atoms with van der Waals surface area (Å²) in [5, 5.41) is 0. The quantitative estimate of drug-likeness (QED) is 0.565. The van der Waals surface area contributed by atoms with E-state index in [1.165, 1.54) is 14.0 Å². The third-order valence-corrected chi connectivity index (χ3v) is 1.26. The SMILES string of the molecule is COC(C)C(C)=C(F)F. The van der Waals surface area contributed by atoms with Crippen LogP contribution in [0.25, 0.3) is 0 Å². The monoisotopic (exact) mass is 136 g/mol. The molecule has 0 heterocycles. The Bertz CT molecular complexity index is 116. The minimum atomic E-state index is -1.65. The van der Waals surface area contributed by atoms with Crippen LogP contribution in [-0.2, 0) is 4.74 Å². The number of hydrogen-bond donors (Lipinski definition) is 0. The zero-order chi connectivity index (χ0) is 7.44. The van der Waals surface area contributed by atoms with Gasteiger partial charge in [0.2, 0.25) is 0 Å². The lowest BCUT2D eigenvalue weighted by atomic mass is 10.2. The second-order valence-corrected chi connectivity index (χ2v) is 1.82. The minimum absolute atomic E-state index is 0.00231. The van der Waals surface area contributed by atoms with Gasteiger partial charge in [0.05, 0.1) is 6.10 Å². The van der Waals surface area contributed by atoms with Gasteiger partial charge in [0.1, 0.15) is 0 Å². The van der Waals surface area contributed by atoms with Crippen molar-refractivity contribution in [1.82, 2.24) is 0 Å². The van der Waals surface area contributed by atoms with E-state index in [1.54, 1.807) is 6.92 Å². The van der Waals surface area contributed by atoms with E-state index in [2.05, 4.69) is 4.74 Å². The van der Waals surface area contributed by atoms with Crippen LogP contribution in [0.3, 0.4) is 0 Å². The summed E-state index contributed by atoms with van der Waals surface area (Å²) in [4.78, 5) is 0. The minimum Gasteiger partial charge on any atom is -0.377 e. The van der Waals surface area contributed by atoms with Gasteiger partial charge in [-0.1, -0.05) is 0 Å². The maximum Gasteiger partial charge on any atom is 0.271 e. The summed E-state index contributed by atoms with van der Waals surface area (Å²) in [5.41, 5.74) is -0.00231. The molecule has 0 saturated heterocycles. The predicted octanol–water partition coefficient (Wildman–Crippen LogP) is 2.19. The molecule has 1 atom stereocenters. The molecule has 0 aromatic rings. The van der Waals surface area contributed by atoms with E-state index in [9.17, 15) is 8.78 Å². The van der Waals surface area contributed by atoms with Gasteiger partial charge < -0.3 is 4.74 Å². The van der Waals surface area contributed by atoms with Crippen LogP contribution in [0.1, 0.15) is 13.8 Å². The number of methoxy groups -OCH3 is 1. The average Bonchev–Trinajstić information content (AvgIpc) is 1.84. The summed E-state index contributed by atoms with van der Waals surface area (Å²) in [5.74, 6) is 0. The van der Waals surface area contributed by atoms with Gasteiger partial charge in [-0.2, -0.15) is 8.78 Å². The fraction of sp³-hybridized carbons (Fsp3) is 0.667. The molecule has 0 aliphatic carbocycles. The van der Waals surface area contributed by atoms with Crippen LogP contribution in [0.4, 0.5) is 8.78 Å². The summed E-state index contributed by atoms with van der Waals surface area (Å²) in [6.45, 7) is 2.93. The van der Waals surface area contributed by atoms with Crippen LogP contribution in [0.15, 0.2) is 11.7 Å². The van der Waals surface area contributed by atoms with Crippen molar-refractivity contribution < 1.29 is 13.5 Å². The smallest absolute Gasteiger partial charge is 0.271 e. The number of hydrogen-bond acceptors (Lipinski definition) is 1. The molecule has 0 rings (SSSR count). The van der Waals surface area contributed by atoms with Crippen molar-refractivity contribution in [1.29, 1.82) is 0 Å². The maximum absolute atomic E-state index is 11.7. The summed E-state index contributed by atoms with van der Waals surface area (Å²) in [7, 11) is 1.40. The first-order valence-corrected chi connectivity index (χ1v) is 2.64. The highest BCUT2D eigenvalue weighted by Crippen LogP contribution is 2.12. The lowest BCUT2D eigenvalue weighted by Crippen LogP contribution is -2.06. The van der Waals surface area contributed by atoms with E-state index in [0.717, 1.165) is 0 Å². The third kappa shape index (κ3) is 2.56. The molecule has 0 radical (unpaired) electrons. The Kier molecular flexibility index (Phi) is 3.39. The van der Waals surface area contributed by atoms with Gasteiger partial charge in [0.15, 0.2) is 0 Å². The Balaban J connectivity index is 4.02. The second-order valence-electron chi connectivity index (χ2n) is 1.82. The molecule has 0 aromatic carbocycles. The van der Waals surface area contributed by atoms with E-state index in [1.807, 2.05) is 0 Å². The maximum atomic E-state index is 11.7. The van der Waals surface area contributed by atoms with E-state index in [0.29, 0.717) is 0 Å². The fourth-order valence-corrected chi connectivity index (χ4v) is 0.330. The van der Waals surface area contributed by atoms with Gasteiger partial charge in [-0.25, -0.2) is 0 Å². The van der Waals surface area contributed by atoms with Gasteiger partial charge >= 0.3 is 0 Å². The molecule has 1 unspecified atom stereocenters. The molecule has 0 bridgehead atoms. The molecule has 0 saturated carbocycles. The van der Waals surface area contributed by atoms with Crippen molar-refractivity contribution in [3.8, 4) is 0 Å². The number of halogens is 2. The highest BCUT2D eigenvalue weighted by Gasteiger charge is 2.07. The molecule has 0 N–H and O–H groups in total. The predicted molar refractivity (Wildman–Crippen MR) is 31.4 cm³/mol. The van der Waals surface area contributed by atoms with Crippen molar-refractivity contribution in [3.63, 3.8) is 0 Å². The normalized spacial score (nSPS) is 13.0. The molecular formula is C6H10F2O. The Labute approximate surface area is 53.3 Å². The average molecular weight is 136 g/mol. The molecule has 0 aliphatic heterocycles. The Morgan fingerprint density at radius 2 is 1.89 bits per heavy atom. The van der Waals surface area contributed by atoms with Crippen LogP contribution in [0.2, 0.25) is 0 Å². The van der Waals surface area contributed by atoms with Crippen molar-refractivity contribution in [2.75, 3.05) is 7.11 Å². The van der Waals surface area contributed by atoms with Gasteiger partial charge in [0.25, 0.3) is 6.08 Å². The Morgan fingerprint density at radius 1 is 1.44 bits per heavy atom. The summed E-state index contributed by atoms with van der Waals surface area (Å²) in [6, 6.07) is 0. The molecular weight excluding hydrogens is 126 g/mol. The molecule has 54 valence electrons. The molecule has 0 aromatic heterocycles. The number of ether oxygens (including phenoxy) is 1. The van der Waals surface area contributed by atoms with E-state index < -0.39 is 12.2 Å². The van der Waals surface area contributed by atoms with Gasteiger partial charge in [-0.05, 0) is 13.8 Å². The lowest BCUT2D eigenvalue weighted by Gasteiger charge is -2.07. The first kappa shape index (κ1) is 8.56.